The number of piperidine rings is 1. The second-order valence-electron chi connectivity index (χ2n) is 7.73. The van der Waals surface area contributed by atoms with Crippen LogP contribution in [0.1, 0.15) is 35.6 Å². The summed E-state index contributed by atoms with van der Waals surface area (Å²) in [6.07, 6.45) is 3.53. The summed E-state index contributed by atoms with van der Waals surface area (Å²) in [5, 5.41) is 10.1. The van der Waals surface area contributed by atoms with Gasteiger partial charge in [0.2, 0.25) is 5.95 Å². The third kappa shape index (κ3) is 4.55. The van der Waals surface area contributed by atoms with Crippen molar-refractivity contribution >= 4 is 34.9 Å². The molecule has 9 heteroatoms. The van der Waals surface area contributed by atoms with Gasteiger partial charge < -0.3 is 20.1 Å². The van der Waals surface area contributed by atoms with Gasteiger partial charge in [-0.2, -0.15) is 4.98 Å². The average molecular weight is 431 g/mol. The van der Waals surface area contributed by atoms with E-state index in [1.165, 1.54) is 6.20 Å². The van der Waals surface area contributed by atoms with Gasteiger partial charge in [0.15, 0.2) is 11.6 Å². The molecule has 0 unspecified atom stereocenters. The number of aryl methyl sites for hydroxylation is 2. The number of nitrogens with zero attached hydrogens (tertiary/aromatic N) is 4. The van der Waals surface area contributed by atoms with E-state index in [0.717, 1.165) is 37.1 Å². The van der Waals surface area contributed by atoms with Crippen LogP contribution in [0, 0.1) is 19.7 Å². The summed E-state index contributed by atoms with van der Waals surface area (Å²) in [5.74, 6) is 1.77. The van der Waals surface area contributed by atoms with Crippen LogP contribution in [0.3, 0.4) is 0 Å². The summed E-state index contributed by atoms with van der Waals surface area (Å²) in [5.41, 5.74) is 2.46. The van der Waals surface area contributed by atoms with Crippen molar-refractivity contribution in [1.29, 1.82) is 0 Å². The number of rotatable bonds is 5. The molecule has 0 amide bonds. The zero-order chi connectivity index (χ0) is 21.3. The van der Waals surface area contributed by atoms with Gasteiger partial charge in [-0.1, -0.05) is 16.8 Å². The normalized spacial score (nSPS) is 15.4. The van der Waals surface area contributed by atoms with Crippen LogP contribution >= 0.6 is 11.6 Å². The predicted octanol–water partition coefficient (Wildman–Crippen LogP) is 5.17. The standard InChI is InChI=1S/C21H24ClFN6O/c1-12-8-18(17(23)10-15(12)14-4-6-29(3)7-5-14)25-21-24-11-16(22)20(27-21)26-19-9-13(2)30-28-19/h8-11,14H,4-7H2,1-3H3,(H2,24,25,26,27,28). The molecule has 0 spiro atoms. The first-order chi connectivity index (χ1) is 14.4. The minimum Gasteiger partial charge on any atom is -0.360 e. The molecule has 0 radical (unpaired) electrons. The van der Waals surface area contributed by atoms with Crippen molar-refractivity contribution < 1.29 is 8.91 Å². The molecule has 1 aliphatic rings. The van der Waals surface area contributed by atoms with Gasteiger partial charge in [-0.05, 0) is 76.0 Å². The van der Waals surface area contributed by atoms with Crippen molar-refractivity contribution in [3.05, 3.63) is 52.1 Å². The van der Waals surface area contributed by atoms with Crippen LogP contribution in [0.25, 0.3) is 0 Å². The highest BCUT2D eigenvalue weighted by Crippen LogP contribution is 2.33. The molecule has 1 aliphatic heterocycles. The van der Waals surface area contributed by atoms with Crippen molar-refractivity contribution in [1.82, 2.24) is 20.0 Å². The fourth-order valence-corrected chi connectivity index (χ4v) is 3.87. The van der Waals surface area contributed by atoms with E-state index in [1.54, 1.807) is 19.1 Å². The lowest BCUT2D eigenvalue weighted by Gasteiger charge is -2.30. The summed E-state index contributed by atoms with van der Waals surface area (Å²) in [7, 11) is 2.12. The highest BCUT2D eigenvalue weighted by molar-refractivity contribution is 6.32. The Kier molecular flexibility index (Phi) is 5.87. The summed E-state index contributed by atoms with van der Waals surface area (Å²) in [4.78, 5) is 10.8. The van der Waals surface area contributed by atoms with E-state index in [1.807, 2.05) is 13.0 Å². The maximum absolute atomic E-state index is 14.9. The molecule has 7 nitrogen and oxygen atoms in total. The molecule has 2 N–H and O–H groups in total. The Labute approximate surface area is 179 Å². The summed E-state index contributed by atoms with van der Waals surface area (Å²) in [6, 6.07) is 5.17. The monoisotopic (exact) mass is 430 g/mol. The van der Waals surface area contributed by atoms with Crippen molar-refractivity contribution in [2.75, 3.05) is 30.8 Å². The van der Waals surface area contributed by atoms with Gasteiger partial charge in [0.05, 0.1) is 11.9 Å². The number of benzene rings is 1. The Balaban J connectivity index is 1.54. The van der Waals surface area contributed by atoms with Gasteiger partial charge in [-0.3, -0.25) is 0 Å². The molecule has 1 aromatic carbocycles. The second-order valence-corrected chi connectivity index (χ2v) is 8.14. The van der Waals surface area contributed by atoms with Crippen LogP contribution in [-0.4, -0.2) is 40.2 Å². The van der Waals surface area contributed by atoms with Crippen molar-refractivity contribution in [3.63, 3.8) is 0 Å². The molecule has 0 aliphatic carbocycles. The molecule has 0 saturated carbocycles. The summed E-state index contributed by atoms with van der Waals surface area (Å²) in [6.45, 7) is 5.87. The third-order valence-electron chi connectivity index (χ3n) is 5.38. The SMILES string of the molecule is Cc1cc(Nc2nc(Nc3cc(C)c(C4CCN(C)CC4)cc3F)ncc2Cl)no1. The van der Waals surface area contributed by atoms with Crippen LogP contribution in [0.4, 0.5) is 27.7 Å². The first kappa shape index (κ1) is 20.6. The average Bonchev–Trinajstić information content (AvgIpc) is 3.12. The number of halogens is 2. The lowest BCUT2D eigenvalue weighted by Crippen LogP contribution is -2.29. The molecule has 1 fully saturated rings. The molecule has 158 valence electrons. The number of aromatic nitrogens is 3. The van der Waals surface area contributed by atoms with E-state index in [-0.39, 0.29) is 11.8 Å². The highest BCUT2D eigenvalue weighted by atomic mass is 35.5. The van der Waals surface area contributed by atoms with Crippen molar-refractivity contribution in [2.45, 2.75) is 32.6 Å². The number of anilines is 4. The highest BCUT2D eigenvalue weighted by Gasteiger charge is 2.21. The Hall–Kier alpha value is -2.71. The molecule has 2 aromatic heterocycles. The molecule has 0 atom stereocenters. The number of hydrogen-bond donors (Lipinski definition) is 2. The van der Waals surface area contributed by atoms with Crippen molar-refractivity contribution in [2.24, 2.45) is 0 Å². The van der Waals surface area contributed by atoms with E-state index >= 15 is 0 Å². The van der Waals surface area contributed by atoms with Crippen LogP contribution in [0.5, 0.6) is 0 Å². The Morgan fingerprint density at radius 1 is 1.17 bits per heavy atom. The van der Waals surface area contributed by atoms with E-state index in [0.29, 0.717) is 34.0 Å². The quantitative estimate of drug-likeness (QED) is 0.578. The number of hydrogen-bond acceptors (Lipinski definition) is 7. The number of likely N-dealkylation sites (tertiary alicyclic amines) is 1. The fourth-order valence-electron chi connectivity index (χ4n) is 3.73. The van der Waals surface area contributed by atoms with Crippen LogP contribution < -0.4 is 10.6 Å². The van der Waals surface area contributed by atoms with Gasteiger partial charge >= 0.3 is 0 Å². The van der Waals surface area contributed by atoms with Gasteiger partial charge in [0, 0.05) is 6.07 Å². The zero-order valence-corrected chi connectivity index (χ0v) is 17.9. The molecular weight excluding hydrogens is 407 g/mol. The van der Waals surface area contributed by atoms with Gasteiger partial charge in [-0.25, -0.2) is 9.37 Å². The Morgan fingerprint density at radius 3 is 2.63 bits per heavy atom. The smallest absolute Gasteiger partial charge is 0.229 e. The predicted molar refractivity (Wildman–Crippen MR) is 115 cm³/mol. The fraction of sp³-hybridized carbons (Fsp3) is 0.381. The molecule has 1 saturated heterocycles. The lowest BCUT2D eigenvalue weighted by atomic mass is 9.86. The zero-order valence-electron chi connectivity index (χ0n) is 17.2. The summed E-state index contributed by atoms with van der Waals surface area (Å²) < 4.78 is 19.9. The molecule has 0 bridgehead atoms. The van der Waals surface area contributed by atoms with Crippen LogP contribution in [0.2, 0.25) is 5.02 Å². The minimum atomic E-state index is -0.324. The minimum absolute atomic E-state index is 0.229. The first-order valence-corrected chi connectivity index (χ1v) is 10.3. The molecule has 30 heavy (non-hydrogen) atoms. The second kappa shape index (κ2) is 8.57. The molecular formula is C21H24ClFN6O. The van der Waals surface area contributed by atoms with Crippen LogP contribution in [0.15, 0.2) is 28.9 Å². The Bertz CT molecular complexity index is 1050. The van der Waals surface area contributed by atoms with Crippen molar-refractivity contribution in [3.8, 4) is 0 Å². The Morgan fingerprint density at radius 2 is 1.93 bits per heavy atom. The first-order valence-electron chi connectivity index (χ1n) is 9.87. The van der Waals surface area contributed by atoms with Gasteiger partial charge in [0.1, 0.15) is 16.6 Å². The molecule has 4 rings (SSSR count). The maximum Gasteiger partial charge on any atom is 0.229 e. The van der Waals surface area contributed by atoms with E-state index in [2.05, 4.69) is 37.7 Å². The topological polar surface area (TPSA) is 79.1 Å². The molecule has 3 aromatic rings. The van der Waals surface area contributed by atoms with E-state index in [4.69, 9.17) is 16.1 Å². The van der Waals surface area contributed by atoms with Crippen LogP contribution in [-0.2, 0) is 0 Å². The molecule has 3 heterocycles. The van der Waals surface area contributed by atoms with E-state index < -0.39 is 0 Å². The largest absolute Gasteiger partial charge is 0.360 e. The number of nitrogens with one attached hydrogen (secondary N) is 2. The lowest BCUT2D eigenvalue weighted by molar-refractivity contribution is 0.255. The van der Waals surface area contributed by atoms with E-state index in [9.17, 15) is 4.39 Å². The summed E-state index contributed by atoms with van der Waals surface area (Å²) >= 11 is 6.18. The third-order valence-corrected chi connectivity index (χ3v) is 5.66. The van der Waals surface area contributed by atoms with Gasteiger partial charge in [-0.15, -0.1) is 0 Å². The maximum atomic E-state index is 14.9. The van der Waals surface area contributed by atoms with Gasteiger partial charge in [0.25, 0.3) is 0 Å².